The van der Waals surface area contributed by atoms with Crippen molar-refractivity contribution in [2.45, 2.75) is 26.2 Å². The van der Waals surface area contributed by atoms with Gasteiger partial charge in [-0.05, 0) is 18.6 Å². The second kappa shape index (κ2) is 7.33. The van der Waals surface area contributed by atoms with Crippen molar-refractivity contribution in [3.05, 3.63) is 46.5 Å². The summed E-state index contributed by atoms with van der Waals surface area (Å²) in [6, 6.07) is 5.32. The smallest absolute Gasteiger partial charge is 0.264 e. The molecule has 0 fully saturated rings. The molecular weight excluding hydrogens is 268 g/mol. The maximum absolute atomic E-state index is 12.0. The molecule has 6 nitrogen and oxygen atoms in total. The number of pyridine rings is 1. The van der Waals surface area contributed by atoms with Gasteiger partial charge in [0.15, 0.2) is 5.82 Å². The maximum atomic E-state index is 12.0. The Balaban J connectivity index is 2.09. The highest BCUT2D eigenvalue weighted by atomic mass is 16.2. The summed E-state index contributed by atoms with van der Waals surface area (Å²) in [4.78, 5) is 34.6. The third kappa shape index (κ3) is 3.98. The fraction of sp³-hybridized carbons (Fsp3) is 0.333. The number of nitrogens with one attached hydrogen (secondary N) is 2. The number of rotatable bonds is 6. The van der Waals surface area contributed by atoms with E-state index >= 15 is 0 Å². The molecule has 1 amide bonds. The SMILES string of the molecule is CCCCCNC(=O)c1cnc(-c2ccccn2)[nH]c1=O. The van der Waals surface area contributed by atoms with Gasteiger partial charge in [-0.3, -0.25) is 14.6 Å². The van der Waals surface area contributed by atoms with Crippen LogP contribution in [-0.4, -0.2) is 27.4 Å². The van der Waals surface area contributed by atoms with Gasteiger partial charge in [-0.1, -0.05) is 25.8 Å². The van der Waals surface area contributed by atoms with Gasteiger partial charge in [-0.2, -0.15) is 0 Å². The third-order valence-corrected chi connectivity index (χ3v) is 3.02. The zero-order valence-electron chi connectivity index (χ0n) is 11.9. The van der Waals surface area contributed by atoms with Crippen molar-refractivity contribution >= 4 is 5.91 Å². The van der Waals surface area contributed by atoms with E-state index in [4.69, 9.17) is 0 Å². The Hall–Kier alpha value is -2.50. The highest BCUT2D eigenvalue weighted by molar-refractivity contribution is 5.93. The summed E-state index contributed by atoms with van der Waals surface area (Å²) in [7, 11) is 0. The fourth-order valence-electron chi connectivity index (χ4n) is 1.86. The molecule has 2 rings (SSSR count). The summed E-state index contributed by atoms with van der Waals surface area (Å²) in [6.45, 7) is 2.65. The number of H-pyrrole nitrogens is 1. The molecule has 6 heteroatoms. The highest BCUT2D eigenvalue weighted by Crippen LogP contribution is 2.07. The zero-order valence-corrected chi connectivity index (χ0v) is 11.9. The van der Waals surface area contributed by atoms with Gasteiger partial charge in [-0.15, -0.1) is 0 Å². The van der Waals surface area contributed by atoms with Gasteiger partial charge in [0.05, 0.1) is 0 Å². The van der Waals surface area contributed by atoms with Crippen LogP contribution < -0.4 is 10.9 Å². The van der Waals surface area contributed by atoms with Gasteiger partial charge in [-0.25, -0.2) is 4.98 Å². The van der Waals surface area contributed by atoms with Crippen molar-refractivity contribution in [1.82, 2.24) is 20.3 Å². The lowest BCUT2D eigenvalue weighted by Crippen LogP contribution is -2.30. The van der Waals surface area contributed by atoms with Gasteiger partial charge in [0.1, 0.15) is 11.3 Å². The third-order valence-electron chi connectivity index (χ3n) is 3.02. The van der Waals surface area contributed by atoms with Crippen LogP contribution in [0.1, 0.15) is 36.5 Å². The zero-order chi connectivity index (χ0) is 15.1. The average molecular weight is 286 g/mol. The first-order valence-corrected chi connectivity index (χ1v) is 7.01. The van der Waals surface area contributed by atoms with Crippen molar-refractivity contribution in [3.63, 3.8) is 0 Å². The van der Waals surface area contributed by atoms with Crippen LogP contribution in [0.15, 0.2) is 35.4 Å². The molecule has 2 aromatic heterocycles. The van der Waals surface area contributed by atoms with E-state index in [0.29, 0.717) is 18.1 Å². The van der Waals surface area contributed by atoms with Gasteiger partial charge < -0.3 is 10.3 Å². The monoisotopic (exact) mass is 286 g/mol. The molecule has 0 unspecified atom stereocenters. The van der Waals surface area contributed by atoms with E-state index < -0.39 is 11.5 Å². The Labute approximate surface area is 122 Å². The number of hydrogen-bond acceptors (Lipinski definition) is 4. The second-order valence-corrected chi connectivity index (χ2v) is 4.65. The van der Waals surface area contributed by atoms with Gasteiger partial charge in [0.2, 0.25) is 0 Å². The molecule has 0 saturated heterocycles. The Morgan fingerprint density at radius 3 is 2.81 bits per heavy atom. The van der Waals surface area contributed by atoms with Crippen molar-refractivity contribution in [3.8, 4) is 11.5 Å². The number of nitrogens with zero attached hydrogens (tertiary/aromatic N) is 2. The van der Waals surface area contributed by atoms with E-state index in [1.54, 1.807) is 24.4 Å². The average Bonchev–Trinajstić information content (AvgIpc) is 2.52. The number of amides is 1. The topological polar surface area (TPSA) is 87.7 Å². The van der Waals surface area contributed by atoms with Crippen LogP contribution in [0.2, 0.25) is 0 Å². The molecule has 0 bridgehead atoms. The van der Waals surface area contributed by atoms with Gasteiger partial charge in [0.25, 0.3) is 11.5 Å². The minimum atomic E-state index is -0.460. The van der Waals surface area contributed by atoms with E-state index in [-0.39, 0.29) is 5.56 Å². The highest BCUT2D eigenvalue weighted by Gasteiger charge is 2.12. The first-order valence-electron chi connectivity index (χ1n) is 7.01. The molecule has 21 heavy (non-hydrogen) atoms. The summed E-state index contributed by atoms with van der Waals surface area (Å²) in [6.07, 6.45) is 5.94. The molecule has 2 aromatic rings. The van der Waals surface area contributed by atoms with Crippen molar-refractivity contribution in [2.75, 3.05) is 6.54 Å². The lowest BCUT2D eigenvalue weighted by Gasteiger charge is -2.05. The molecule has 0 atom stereocenters. The molecule has 0 aliphatic carbocycles. The minimum absolute atomic E-state index is 0.0196. The first-order chi connectivity index (χ1) is 10.2. The molecule has 110 valence electrons. The van der Waals surface area contributed by atoms with Gasteiger partial charge >= 0.3 is 0 Å². The summed E-state index contributed by atoms with van der Waals surface area (Å²) in [5.41, 5.74) is 0.120. The Kier molecular flexibility index (Phi) is 5.20. The number of hydrogen-bond donors (Lipinski definition) is 2. The lowest BCUT2D eigenvalue weighted by molar-refractivity contribution is 0.0951. The minimum Gasteiger partial charge on any atom is -0.352 e. The number of carbonyl (C=O) groups is 1. The fourth-order valence-corrected chi connectivity index (χ4v) is 1.86. The first kappa shape index (κ1) is 14.9. The molecule has 0 aromatic carbocycles. The van der Waals surface area contributed by atoms with Crippen LogP contribution in [0.5, 0.6) is 0 Å². The largest absolute Gasteiger partial charge is 0.352 e. The van der Waals surface area contributed by atoms with Gasteiger partial charge in [0, 0.05) is 18.9 Å². The number of carbonyl (C=O) groups excluding carboxylic acids is 1. The van der Waals surface area contributed by atoms with E-state index in [2.05, 4.69) is 27.2 Å². The van der Waals surface area contributed by atoms with Crippen molar-refractivity contribution in [2.24, 2.45) is 0 Å². The van der Waals surface area contributed by atoms with E-state index in [1.807, 2.05) is 0 Å². The normalized spacial score (nSPS) is 10.3. The van der Waals surface area contributed by atoms with Crippen molar-refractivity contribution in [1.29, 1.82) is 0 Å². The van der Waals surface area contributed by atoms with Crippen molar-refractivity contribution < 1.29 is 4.79 Å². The number of aromatic amines is 1. The van der Waals surface area contributed by atoms with Crippen LogP contribution in [0.25, 0.3) is 11.5 Å². The molecule has 0 aliphatic heterocycles. The number of aromatic nitrogens is 3. The maximum Gasteiger partial charge on any atom is 0.264 e. The van der Waals surface area contributed by atoms with Crippen LogP contribution in [-0.2, 0) is 0 Å². The predicted molar refractivity (Wildman–Crippen MR) is 79.9 cm³/mol. The summed E-state index contributed by atoms with van der Waals surface area (Å²) < 4.78 is 0. The van der Waals surface area contributed by atoms with E-state index in [0.717, 1.165) is 19.3 Å². The quantitative estimate of drug-likeness (QED) is 0.792. The Morgan fingerprint density at radius 2 is 2.14 bits per heavy atom. The van der Waals surface area contributed by atoms with E-state index in [1.165, 1.54) is 6.20 Å². The molecule has 0 aliphatic rings. The molecular formula is C15H18N4O2. The molecule has 2 heterocycles. The predicted octanol–water partition coefficient (Wildman–Crippen LogP) is 1.75. The number of unbranched alkanes of at least 4 members (excludes halogenated alkanes) is 2. The van der Waals surface area contributed by atoms with Crippen LogP contribution >= 0.6 is 0 Å². The Bertz CT molecular complexity index is 652. The second-order valence-electron chi connectivity index (χ2n) is 4.65. The van der Waals surface area contributed by atoms with E-state index in [9.17, 15) is 9.59 Å². The lowest BCUT2D eigenvalue weighted by atomic mass is 10.2. The summed E-state index contributed by atoms with van der Waals surface area (Å²) in [5, 5.41) is 2.72. The molecule has 0 spiro atoms. The standard InChI is InChI=1S/C15H18N4O2/c1-2-3-5-9-17-14(20)11-10-18-13(19-15(11)21)12-7-4-6-8-16-12/h4,6-8,10H,2-3,5,9H2,1H3,(H,17,20)(H,18,19,21). The summed E-state index contributed by atoms with van der Waals surface area (Å²) in [5.74, 6) is -0.0458. The van der Waals surface area contributed by atoms with Crippen LogP contribution in [0, 0.1) is 0 Å². The molecule has 0 radical (unpaired) electrons. The molecule has 2 N–H and O–H groups in total. The summed E-state index contributed by atoms with van der Waals surface area (Å²) >= 11 is 0. The van der Waals surface area contributed by atoms with Crippen LogP contribution in [0.4, 0.5) is 0 Å². The van der Waals surface area contributed by atoms with Crippen LogP contribution in [0.3, 0.4) is 0 Å². The molecule has 0 saturated carbocycles. The Morgan fingerprint density at radius 1 is 1.29 bits per heavy atom.